The van der Waals surface area contributed by atoms with Crippen molar-refractivity contribution in [2.45, 2.75) is 71.4 Å². The number of nitrogens with one attached hydrogen (secondary N) is 2. The first kappa shape index (κ1) is 15.7. The van der Waals surface area contributed by atoms with Gasteiger partial charge >= 0.3 is 0 Å². The van der Waals surface area contributed by atoms with E-state index in [9.17, 15) is 4.79 Å². The van der Waals surface area contributed by atoms with E-state index < -0.39 is 0 Å². The van der Waals surface area contributed by atoms with Crippen molar-refractivity contribution in [3.8, 4) is 0 Å². The summed E-state index contributed by atoms with van der Waals surface area (Å²) in [6.45, 7) is 7.69. The summed E-state index contributed by atoms with van der Waals surface area (Å²) in [6, 6.07) is 2.22. The van der Waals surface area contributed by atoms with Gasteiger partial charge in [0.1, 0.15) is 17.3 Å². The number of hydrogen-bond donors (Lipinski definition) is 2. The summed E-state index contributed by atoms with van der Waals surface area (Å²) in [5.41, 5.74) is 0.156. The van der Waals surface area contributed by atoms with Gasteiger partial charge < -0.3 is 10.6 Å². The number of rotatable bonds is 3. The van der Waals surface area contributed by atoms with Crippen molar-refractivity contribution < 1.29 is 4.79 Å². The molecule has 0 unspecified atom stereocenters. The molecule has 5 heteroatoms. The van der Waals surface area contributed by atoms with Gasteiger partial charge in [0, 0.05) is 17.6 Å². The molecule has 0 bridgehead atoms. The van der Waals surface area contributed by atoms with Crippen LogP contribution in [0.5, 0.6) is 0 Å². The summed E-state index contributed by atoms with van der Waals surface area (Å²) in [7, 11) is 0. The van der Waals surface area contributed by atoms with E-state index in [1.165, 1.54) is 32.1 Å². The van der Waals surface area contributed by atoms with E-state index >= 15 is 0 Å². The highest BCUT2D eigenvalue weighted by Crippen LogP contribution is 2.21. The molecule has 1 aliphatic carbocycles. The van der Waals surface area contributed by atoms with Crippen molar-refractivity contribution in [2.24, 2.45) is 0 Å². The summed E-state index contributed by atoms with van der Waals surface area (Å²) in [6.07, 6.45) is 6.19. The van der Waals surface area contributed by atoms with Crippen molar-refractivity contribution in [1.82, 2.24) is 15.3 Å². The third-order valence-electron chi connectivity index (χ3n) is 3.52. The number of carbonyl (C=O) groups excluding carboxylic acids is 1. The van der Waals surface area contributed by atoms with Crippen LogP contribution in [0.2, 0.25) is 0 Å². The summed E-state index contributed by atoms with van der Waals surface area (Å²) in [4.78, 5) is 20.9. The van der Waals surface area contributed by atoms with Gasteiger partial charge in [0.15, 0.2) is 0 Å². The lowest BCUT2D eigenvalue weighted by Gasteiger charge is -2.24. The molecule has 1 aliphatic rings. The Hall–Kier alpha value is -1.65. The molecule has 21 heavy (non-hydrogen) atoms. The standard InChI is InChI=1S/C16H26N4O/c1-11-17-13(15(21)20-16(2,3)4)10-14(18-11)19-12-8-6-5-7-9-12/h10,12H,5-9H2,1-4H3,(H,20,21)(H,17,18,19). The molecule has 0 spiro atoms. The number of anilines is 1. The summed E-state index contributed by atoms with van der Waals surface area (Å²) in [5, 5.41) is 6.39. The first-order chi connectivity index (χ1) is 9.83. The summed E-state index contributed by atoms with van der Waals surface area (Å²) < 4.78 is 0. The van der Waals surface area contributed by atoms with Crippen LogP contribution in [-0.4, -0.2) is 27.5 Å². The van der Waals surface area contributed by atoms with Crippen LogP contribution in [0, 0.1) is 6.92 Å². The van der Waals surface area contributed by atoms with E-state index in [1.54, 1.807) is 6.07 Å². The third-order valence-corrected chi connectivity index (χ3v) is 3.52. The van der Waals surface area contributed by atoms with Crippen molar-refractivity contribution in [3.05, 3.63) is 17.6 Å². The lowest BCUT2D eigenvalue weighted by Crippen LogP contribution is -2.41. The van der Waals surface area contributed by atoms with Gasteiger partial charge in [-0.1, -0.05) is 19.3 Å². The smallest absolute Gasteiger partial charge is 0.270 e. The first-order valence-electron chi connectivity index (χ1n) is 7.78. The molecule has 1 amide bonds. The molecule has 2 rings (SSSR count). The lowest BCUT2D eigenvalue weighted by molar-refractivity contribution is 0.0914. The molecule has 1 aromatic rings. The van der Waals surface area contributed by atoms with E-state index in [1.807, 2.05) is 27.7 Å². The minimum Gasteiger partial charge on any atom is -0.367 e. The molecule has 0 atom stereocenters. The Kier molecular flexibility index (Phi) is 4.80. The molecule has 0 saturated heterocycles. The number of nitrogens with zero attached hydrogens (tertiary/aromatic N) is 2. The van der Waals surface area contributed by atoms with Gasteiger partial charge in [-0.2, -0.15) is 0 Å². The predicted octanol–water partition coefficient (Wildman–Crippen LogP) is 3.06. The third kappa shape index (κ3) is 4.99. The average molecular weight is 290 g/mol. The van der Waals surface area contributed by atoms with E-state index in [4.69, 9.17) is 0 Å². The van der Waals surface area contributed by atoms with Crippen molar-refractivity contribution in [1.29, 1.82) is 0 Å². The monoisotopic (exact) mass is 290 g/mol. The number of aromatic nitrogens is 2. The molecule has 0 aliphatic heterocycles. The number of aryl methyl sites for hydroxylation is 1. The zero-order chi connectivity index (χ0) is 15.5. The molecule has 1 fully saturated rings. The minimum absolute atomic E-state index is 0.153. The molecule has 0 aromatic carbocycles. The van der Waals surface area contributed by atoms with Crippen LogP contribution >= 0.6 is 0 Å². The molecule has 0 radical (unpaired) electrons. The van der Waals surface area contributed by atoms with Gasteiger partial charge in [-0.3, -0.25) is 4.79 Å². The number of hydrogen-bond acceptors (Lipinski definition) is 4. The topological polar surface area (TPSA) is 66.9 Å². The van der Waals surface area contributed by atoms with Crippen molar-refractivity contribution in [2.75, 3.05) is 5.32 Å². The maximum atomic E-state index is 12.2. The predicted molar refractivity (Wildman–Crippen MR) is 84.5 cm³/mol. The van der Waals surface area contributed by atoms with E-state index in [0.717, 1.165) is 5.82 Å². The number of amides is 1. The Morgan fingerprint density at radius 2 is 1.86 bits per heavy atom. The second-order valence-electron chi connectivity index (χ2n) is 6.87. The van der Waals surface area contributed by atoms with Gasteiger partial charge in [-0.15, -0.1) is 0 Å². The maximum absolute atomic E-state index is 12.2. The van der Waals surface area contributed by atoms with Crippen LogP contribution in [0.25, 0.3) is 0 Å². The van der Waals surface area contributed by atoms with Crippen molar-refractivity contribution in [3.63, 3.8) is 0 Å². The zero-order valence-electron chi connectivity index (χ0n) is 13.5. The highest BCUT2D eigenvalue weighted by atomic mass is 16.2. The fraction of sp³-hybridized carbons (Fsp3) is 0.688. The van der Waals surface area contributed by atoms with E-state index in [0.29, 0.717) is 17.6 Å². The van der Waals surface area contributed by atoms with Gasteiger partial charge in [0.2, 0.25) is 0 Å². The Balaban J connectivity index is 2.11. The van der Waals surface area contributed by atoms with Gasteiger partial charge in [0.05, 0.1) is 0 Å². The van der Waals surface area contributed by atoms with Crippen LogP contribution in [0.15, 0.2) is 6.07 Å². The fourth-order valence-electron chi connectivity index (χ4n) is 2.62. The quantitative estimate of drug-likeness (QED) is 0.898. The lowest BCUT2D eigenvalue weighted by atomic mass is 9.95. The van der Waals surface area contributed by atoms with E-state index in [-0.39, 0.29) is 11.4 Å². The van der Waals surface area contributed by atoms with Crippen molar-refractivity contribution >= 4 is 11.7 Å². The minimum atomic E-state index is -0.271. The molecule has 2 N–H and O–H groups in total. The Bertz CT molecular complexity index is 501. The summed E-state index contributed by atoms with van der Waals surface area (Å²) in [5.74, 6) is 1.23. The van der Waals surface area contributed by atoms with Gasteiger partial charge in [-0.05, 0) is 40.5 Å². The maximum Gasteiger partial charge on any atom is 0.270 e. The van der Waals surface area contributed by atoms with Crippen LogP contribution in [0.4, 0.5) is 5.82 Å². The highest BCUT2D eigenvalue weighted by Gasteiger charge is 2.19. The second-order valence-corrected chi connectivity index (χ2v) is 6.87. The first-order valence-corrected chi connectivity index (χ1v) is 7.78. The molecular weight excluding hydrogens is 264 g/mol. The van der Waals surface area contributed by atoms with Crippen LogP contribution in [-0.2, 0) is 0 Å². The molecule has 1 aromatic heterocycles. The summed E-state index contributed by atoms with van der Waals surface area (Å²) >= 11 is 0. The van der Waals surface area contributed by atoms with E-state index in [2.05, 4.69) is 20.6 Å². The molecule has 116 valence electrons. The van der Waals surface area contributed by atoms with Crippen LogP contribution < -0.4 is 10.6 Å². The van der Waals surface area contributed by atoms with Gasteiger partial charge in [-0.25, -0.2) is 9.97 Å². The molecule has 1 saturated carbocycles. The Labute approximate surface area is 127 Å². The molecule has 1 heterocycles. The fourth-order valence-corrected chi connectivity index (χ4v) is 2.62. The largest absolute Gasteiger partial charge is 0.367 e. The second kappa shape index (κ2) is 6.41. The Morgan fingerprint density at radius 1 is 1.19 bits per heavy atom. The molecule has 5 nitrogen and oxygen atoms in total. The van der Waals surface area contributed by atoms with Gasteiger partial charge in [0.25, 0.3) is 5.91 Å². The average Bonchev–Trinajstić information content (AvgIpc) is 2.37. The normalized spacial score (nSPS) is 16.6. The highest BCUT2D eigenvalue weighted by molar-refractivity contribution is 5.93. The zero-order valence-corrected chi connectivity index (χ0v) is 13.5. The molecular formula is C16H26N4O. The van der Waals surface area contributed by atoms with Crippen LogP contribution in [0.1, 0.15) is 69.2 Å². The van der Waals surface area contributed by atoms with Crippen LogP contribution in [0.3, 0.4) is 0 Å². The Morgan fingerprint density at radius 3 is 2.48 bits per heavy atom. The SMILES string of the molecule is Cc1nc(NC2CCCCC2)cc(C(=O)NC(C)(C)C)n1. The number of carbonyl (C=O) groups is 1.